The maximum atomic E-state index is 13.7. The molecule has 0 saturated carbocycles. The number of benzene rings is 3. The van der Waals surface area contributed by atoms with Crippen molar-refractivity contribution < 1.29 is 33.8 Å². The average Bonchev–Trinajstić information content (AvgIpc) is 3.02. The molecule has 0 bridgehead atoms. The highest BCUT2D eigenvalue weighted by Gasteiger charge is 2.31. The maximum Gasteiger partial charge on any atom is 0.440 e. The van der Waals surface area contributed by atoms with E-state index in [0.717, 1.165) is 16.0 Å². The van der Waals surface area contributed by atoms with E-state index in [2.05, 4.69) is 15.6 Å². The number of nitrogens with two attached hydrogens (primary N) is 1. The minimum atomic E-state index is -0.878. The zero-order valence-electron chi connectivity index (χ0n) is 28.8. The molecule has 0 fully saturated rings. The van der Waals surface area contributed by atoms with E-state index in [0.29, 0.717) is 34.5 Å². The van der Waals surface area contributed by atoms with E-state index < -0.39 is 29.3 Å². The molecule has 3 aromatic carbocycles. The van der Waals surface area contributed by atoms with Gasteiger partial charge in [0.15, 0.2) is 5.82 Å². The third-order valence-corrected chi connectivity index (χ3v) is 6.87. The SMILES string of the molecule is CC(C)(C)OC(=O)N(OC(C)(C)C)c1nccc2cc(NC(C(=O)NCc3cccc(N)c3)c3ccc(OCCCC(=O)O)cc3)ccc12. The predicted molar refractivity (Wildman–Crippen MR) is 189 cm³/mol. The molecule has 1 atom stereocenters. The lowest BCUT2D eigenvalue weighted by Crippen LogP contribution is -2.42. The van der Waals surface area contributed by atoms with Crippen LogP contribution >= 0.6 is 0 Å². The maximum absolute atomic E-state index is 13.7. The van der Waals surface area contributed by atoms with Crippen molar-refractivity contribution in [2.45, 2.75) is 78.2 Å². The molecule has 0 aliphatic heterocycles. The van der Waals surface area contributed by atoms with Gasteiger partial charge in [0.25, 0.3) is 0 Å². The fraction of sp³-hybridized carbons (Fsp3) is 0.351. The lowest BCUT2D eigenvalue weighted by atomic mass is 10.0. The molecular weight excluding hydrogens is 626 g/mol. The van der Waals surface area contributed by atoms with Gasteiger partial charge in [-0.05, 0) is 113 Å². The standard InChI is InChI=1S/C37H45N5O7/c1-36(2,3)48-35(46)42(49-37(4,5)6)33-30-17-14-28(22-26(30)18-19-39-33)41-32(34(45)40-23-24-9-7-10-27(38)21-24)25-12-15-29(16-13-25)47-20-8-11-31(43)44/h7,9-10,12-19,21-22,32,41H,8,11,20,23,38H2,1-6H3,(H,40,45)(H,43,44). The van der Waals surface area contributed by atoms with E-state index in [1.165, 1.54) is 0 Å². The van der Waals surface area contributed by atoms with Crippen LogP contribution in [-0.2, 0) is 25.7 Å². The number of aliphatic carboxylic acids is 1. The third-order valence-electron chi connectivity index (χ3n) is 6.87. The number of hydrogen-bond donors (Lipinski definition) is 4. The second-order valence-electron chi connectivity index (χ2n) is 13.5. The number of carboxylic acids is 1. The average molecular weight is 672 g/mol. The van der Waals surface area contributed by atoms with Crippen LogP contribution in [0.3, 0.4) is 0 Å². The number of carbonyl (C=O) groups excluding carboxylic acids is 2. The monoisotopic (exact) mass is 671 g/mol. The van der Waals surface area contributed by atoms with Crippen LogP contribution in [0.15, 0.2) is 79.0 Å². The number of fused-ring (bicyclic) bond motifs is 1. The summed E-state index contributed by atoms with van der Waals surface area (Å²) in [4.78, 5) is 48.3. The number of anilines is 3. The number of hydrogen-bond acceptors (Lipinski definition) is 9. The zero-order valence-corrected chi connectivity index (χ0v) is 28.8. The third kappa shape index (κ3) is 11.1. The zero-order chi connectivity index (χ0) is 35.8. The number of rotatable bonds is 13. The van der Waals surface area contributed by atoms with Crippen molar-refractivity contribution in [3.8, 4) is 5.75 Å². The van der Waals surface area contributed by atoms with Gasteiger partial charge in [0.1, 0.15) is 17.4 Å². The molecule has 12 nitrogen and oxygen atoms in total. The van der Waals surface area contributed by atoms with Gasteiger partial charge >= 0.3 is 12.1 Å². The fourth-order valence-electron chi connectivity index (χ4n) is 4.79. The predicted octanol–water partition coefficient (Wildman–Crippen LogP) is 7.00. The Balaban J connectivity index is 1.63. The number of pyridine rings is 1. The molecule has 2 amide bonds. The Hall–Kier alpha value is -5.36. The second-order valence-corrected chi connectivity index (χ2v) is 13.5. The fourth-order valence-corrected chi connectivity index (χ4v) is 4.79. The number of ether oxygens (including phenoxy) is 2. The number of carbonyl (C=O) groups is 3. The van der Waals surface area contributed by atoms with Crippen molar-refractivity contribution in [1.29, 1.82) is 0 Å². The van der Waals surface area contributed by atoms with Gasteiger partial charge in [0, 0.05) is 35.9 Å². The van der Waals surface area contributed by atoms with Crippen molar-refractivity contribution >= 4 is 45.9 Å². The van der Waals surface area contributed by atoms with Crippen LogP contribution in [-0.4, -0.2) is 45.9 Å². The summed E-state index contributed by atoms with van der Waals surface area (Å²) in [5.41, 5.74) is 7.22. The first-order valence-corrected chi connectivity index (χ1v) is 16.0. The molecule has 0 radical (unpaired) electrons. The Kier molecular flexibility index (Phi) is 11.7. The first-order valence-electron chi connectivity index (χ1n) is 16.0. The Bertz CT molecular complexity index is 1760. The highest BCUT2D eigenvalue weighted by molar-refractivity contribution is 6.00. The molecule has 1 unspecified atom stereocenters. The minimum absolute atomic E-state index is 0.0171. The summed E-state index contributed by atoms with van der Waals surface area (Å²) >= 11 is 0. The lowest BCUT2D eigenvalue weighted by molar-refractivity contribution is -0.137. The number of nitrogens with zero attached hydrogens (tertiary/aromatic N) is 2. The smallest absolute Gasteiger partial charge is 0.440 e. The molecule has 0 spiro atoms. The summed E-state index contributed by atoms with van der Waals surface area (Å²) < 4.78 is 11.3. The van der Waals surface area contributed by atoms with Gasteiger partial charge in [0.05, 0.1) is 12.2 Å². The molecule has 5 N–H and O–H groups in total. The largest absolute Gasteiger partial charge is 0.494 e. The minimum Gasteiger partial charge on any atom is -0.494 e. The summed E-state index contributed by atoms with van der Waals surface area (Å²) in [5, 5.41) is 17.7. The van der Waals surface area contributed by atoms with E-state index in [1.807, 2.05) is 39.0 Å². The molecule has 4 aromatic rings. The number of hydroxylamine groups is 1. The van der Waals surface area contributed by atoms with Crippen LogP contribution in [0.4, 0.5) is 22.0 Å². The highest BCUT2D eigenvalue weighted by Crippen LogP contribution is 2.32. The van der Waals surface area contributed by atoms with E-state index in [1.54, 1.807) is 81.6 Å². The summed E-state index contributed by atoms with van der Waals surface area (Å²) in [6.45, 7) is 11.3. The summed E-state index contributed by atoms with van der Waals surface area (Å²) in [7, 11) is 0. The Morgan fingerprint density at radius 2 is 1.67 bits per heavy atom. The highest BCUT2D eigenvalue weighted by atomic mass is 16.7. The molecule has 1 heterocycles. The summed E-state index contributed by atoms with van der Waals surface area (Å²) in [6, 6.07) is 20.8. The van der Waals surface area contributed by atoms with Crippen LogP contribution in [0, 0.1) is 0 Å². The van der Waals surface area contributed by atoms with Crippen LogP contribution in [0.25, 0.3) is 10.8 Å². The number of nitrogens with one attached hydrogen (secondary N) is 2. The van der Waals surface area contributed by atoms with Crippen molar-refractivity contribution in [3.63, 3.8) is 0 Å². The molecule has 49 heavy (non-hydrogen) atoms. The molecule has 0 aliphatic carbocycles. The molecule has 12 heteroatoms. The van der Waals surface area contributed by atoms with Crippen molar-refractivity contribution in [2.75, 3.05) is 22.7 Å². The van der Waals surface area contributed by atoms with Crippen molar-refractivity contribution in [3.05, 3.63) is 90.1 Å². The Labute approximate surface area is 286 Å². The number of nitrogen functional groups attached to an aromatic ring is 1. The Morgan fingerprint density at radius 3 is 2.33 bits per heavy atom. The molecule has 4 rings (SSSR count). The van der Waals surface area contributed by atoms with Gasteiger partial charge in [-0.1, -0.05) is 24.3 Å². The quantitative estimate of drug-likeness (QED) is 0.0660. The molecular formula is C37H45N5O7. The van der Waals surface area contributed by atoms with Crippen LogP contribution in [0.1, 0.15) is 71.6 Å². The van der Waals surface area contributed by atoms with Crippen LogP contribution in [0.2, 0.25) is 0 Å². The summed E-state index contributed by atoms with van der Waals surface area (Å²) in [6.07, 6.45) is 1.28. The van der Waals surface area contributed by atoms with Gasteiger partial charge in [0.2, 0.25) is 5.91 Å². The van der Waals surface area contributed by atoms with E-state index >= 15 is 0 Å². The van der Waals surface area contributed by atoms with Crippen LogP contribution < -0.4 is 26.2 Å². The first-order chi connectivity index (χ1) is 23.1. The number of amides is 2. The number of carboxylic acid groups (broad SMARTS) is 1. The number of aromatic nitrogens is 1. The lowest BCUT2D eigenvalue weighted by Gasteiger charge is -2.31. The van der Waals surface area contributed by atoms with E-state index in [9.17, 15) is 14.4 Å². The topological polar surface area (TPSA) is 165 Å². The van der Waals surface area contributed by atoms with E-state index in [4.69, 9.17) is 25.2 Å². The summed E-state index contributed by atoms with van der Waals surface area (Å²) in [5.74, 6) is -0.325. The molecule has 0 saturated heterocycles. The van der Waals surface area contributed by atoms with E-state index in [-0.39, 0.29) is 31.3 Å². The van der Waals surface area contributed by atoms with Gasteiger partial charge in [-0.3, -0.25) is 14.4 Å². The molecule has 0 aliphatic rings. The van der Waals surface area contributed by atoms with Gasteiger partial charge in [-0.2, -0.15) is 0 Å². The Morgan fingerprint density at radius 1 is 0.939 bits per heavy atom. The molecule has 260 valence electrons. The normalized spacial score (nSPS) is 12.2. The second kappa shape index (κ2) is 15.7. The van der Waals surface area contributed by atoms with Crippen LogP contribution in [0.5, 0.6) is 5.75 Å². The first kappa shape index (κ1) is 36.5. The van der Waals surface area contributed by atoms with Crippen molar-refractivity contribution in [2.24, 2.45) is 0 Å². The van der Waals surface area contributed by atoms with Gasteiger partial charge in [-0.25, -0.2) is 9.78 Å². The van der Waals surface area contributed by atoms with Crippen molar-refractivity contribution in [1.82, 2.24) is 10.3 Å². The van der Waals surface area contributed by atoms with Gasteiger partial charge in [-0.15, -0.1) is 5.06 Å². The molecule has 1 aromatic heterocycles. The van der Waals surface area contributed by atoms with Gasteiger partial charge < -0.3 is 30.9 Å².